The van der Waals surface area contributed by atoms with Crippen LogP contribution in [0.1, 0.15) is 107 Å². The molecule has 2 aromatic carbocycles. The SMILES string of the molecule is CCCN(CCC)c1ccc(C2(c3ccc(N(CCC)CCC)cc3OCC)OC(=O)c3cc(CC)cnc32)c(OCC)c1. The number of cyclic esters (lactones) is 1. The Morgan fingerprint density at radius 2 is 1.18 bits per heavy atom. The van der Waals surface area contributed by atoms with Crippen LogP contribution in [-0.2, 0) is 16.8 Å². The topological polar surface area (TPSA) is 64.1 Å². The minimum Gasteiger partial charge on any atom is -0.493 e. The van der Waals surface area contributed by atoms with Crippen molar-refractivity contribution in [1.82, 2.24) is 4.98 Å². The van der Waals surface area contributed by atoms with Gasteiger partial charge in [-0.25, -0.2) is 4.79 Å². The predicted octanol–water partition coefficient (Wildman–Crippen LogP) is 8.16. The van der Waals surface area contributed by atoms with Crippen molar-refractivity contribution in [2.75, 3.05) is 49.2 Å². The molecule has 1 aromatic heterocycles. The van der Waals surface area contributed by atoms with Gasteiger partial charge in [0.2, 0.25) is 5.60 Å². The van der Waals surface area contributed by atoms with Gasteiger partial charge in [-0.2, -0.15) is 0 Å². The first-order valence-corrected chi connectivity index (χ1v) is 16.7. The molecule has 0 saturated heterocycles. The number of fused-ring (bicyclic) bond motifs is 1. The number of ether oxygens (including phenoxy) is 3. The van der Waals surface area contributed by atoms with Crippen LogP contribution in [0.25, 0.3) is 0 Å². The summed E-state index contributed by atoms with van der Waals surface area (Å²) in [6, 6.07) is 14.5. The summed E-state index contributed by atoms with van der Waals surface area (Å²) in [7, 11) is 0. The molecule has 44 heavy (non-hydrogen) atoms. The zero-order valence-corrected chi connectivity index (χ0v) is 27.9. The van der Waals surface area contributed by atoms with E-state index in [-0.39, 0.29) is 0 Å². The van der Waals surface area contributed by atoms with Gasteiger partial charge in [-0.3, -0.25) is 4.98 Å². The highest BCUT2D eigenvalue weighted by Gasteiger charge is 2.53. The van der Waals surface area contributed by atoms with Gasteiger partial charge in [-0.05, 0) is 81.8 Å². The van der Waals surface area contributed by atoms with E-state index in [2.05, 4.69) is 80.8 Å². The molecule has 0 atom stereocenters. The van der Waals surface area contributed by atoms with E-state index in [0.717, 1.165) is 86.3 Å². The standard InChI is InChI=1S/C37H51N3O4/c1-8-19-39(20-9-2)28-15-17-31(33(24-28)42-13-6)37(35-30(36(41)44-37)23-27(12-5)26-38-35)32-18-16-29(25-34(32)43-14-7)40(21-10-3)22-11-4/h15-18,23-26H,8-14,19-22H2,1-7H3. The fraction of sp³-hybridized carbons (Fsp3) is 0.514. The van der Waals surface area contributed by atoms with E-state index >= 15 is 0 Å². The summed E-state index contributed by atoms with van der Waals surface area (Å²) in [4.78, 5) is 23.5. The Kier molecular flexibility index (Phi) is 11.5. The van der Waals surface area contributed by atoms with Gasteiger partial charge in [0.1, 0.15) is 17.2 Å². The first-order chi connectivity index (χ1) is 21.4. The number of hydrogen-bond acceptors (Lipinski definition) is 7. The second kappa shape index (κ2) is 15.3. The lowest BCUT2D eigenvalue weighted by molar-refractivity contribution is 0.0228. The monoisotopic (exact) mass is 601 g/mol. The molecule has 0 spiro atoms. The quantitative estimate of drug-likeness (QED) is 0.145. The van der Waals surface area contributed by atoms with Crippen molar-refractivity contribution in [1.29, 1.82) is 0 Å². The first kappa shape index (κ1) is 33.2. The van der Waals surface area contributed by atoms with E-state index < -0.39 is 11.6 Å². The molecule has 238 valence electrons. The number of carbonyl (C=O) groups is 1. The number of esters is 1. The summed E-state index contributed by atoms with van der Waals surface area (Å²) in [6.07, 6.45) is 6.80. The van der Waals surface area contributed by atoms with Crippen molar-refractivity contribution in [3.8, 4) is 11.5 Å². The van der Waals surface area contributed by atoms with Crippen molar-refractivity contribution < 1.29 is 19.0 Å². The summed E-state index contributed by atoms with van der Waals surface area (Å²) in [5.41, 5.74) is 4.36. The maximum Gasteiger partial charge on any atom is 0.341 e. The Hall–Kier alpha value is -3.74. The van der Waals surface area contributed by atoms with Crippen LogP contribution in [0.3, 0.4) is 0 Å². The van der Waals surface area contributed by atoms with E-state index in [9.17, 15) is 4.79 Å². The largest absolute Gasteiger partial charge is 0.493 e. The Morgan fingerprint density at radius 3 is 1.59 bits per heavy atom. The molecular weight excluding hydrogens is 550 g/mol. The van der Waals surface area contributed by atoms with E-state index in [1.807, 2.05) is 26.1 Å². The van der Waals surface area contributed by atoms with Gasteiger partial charge in [0.05, 0.1) is 18.8 Å². The molecule has 2 heterocycles. The van der Waals surface area contributed by atoms with Gasteiger partial charge >= 0.3 is 5.97 Å². The van der Waals surface area contributed by atoms with E-state index in [1.54, 1.807) is 0 Å². The molecule has 0 saturated carbocycles. The van der Waals surface area contributed by atoms with Crippen LogP contribution < -0.4 is 19.3 Å². The van der Waals surface area contributed by atoms with Crippen LogP contribution in [0, 0.1) is 0 Å². The Balaban J connectivity index is 2.03. The molecule has 0 radical (unpaired) electrons. The summed E-state index contributed by atoms with van der Waals surface area (Å²) in [5.74, 6) is 0.960. The number of aromatic nitrogens is 1. The summed E-state index contributed by atoms with van der Waals surface area (Å²) < 4.78 is 19.3. The number of carbonyl (C=O) groups excluding carboxylic acids is 1. The van der Waals surface area contributed by atoms with Gasteiger partial charge in [0, 0.05) is 67.0 Å². The summed E-state index contributed by atoms with van der Waals surface area (Å²) in [6.45, 7) is 19.5. The zero-order valence-electron chi connectivity index (χ0n) is 27.9. The molecule has 7 heteroatoms. The molecule has 0 fully saturated rings. The molecular formula is C37H51N3O4. The number of hydrogen-bond donors (Lipinski definition) is 0. The molecule has 0 amide bonds. The Labute approximate surface area is 264 Å². The molecule has 1 aliphatic heterocycles. The average Bonchev–Trinajstić information content (AvgIpc) is 3.33. The van der Waals surface area contributed by atoms with E-state index in [0.29, 0.717) is 36.0 Å². The van der Waals surface area contributed by atoms with Crippen LogP contribution in [0.4, 0.5) is 11.4 Å². The van der Waals surface area contributed by atoms with Gasteiger partial charge in [0.15, 0.2) is 0 Å². The van der Waals surface area contributed by atoms with E-state index in [4.69, 9.17) is 19.2 Å². The Morgan fingerprint density at radius 1 is 0.705 bits per heavy atom. The van der Waals surface area contributed by atoms with E-state index in [1.165, 1.54) is 0 Å². The second-order valence-corrected chi connectivity index (χ2v) is 11.4. The van der Waals surface area contributed by atoms with Crippen molar-refractivity contribution in [3.05, 3.63) is 76.6 Å². The molecule has 7 nitrogen and oxygen atoms in total. The minimum absolute atomic E-state index is 0.391. The first-order valence-electron chi connectivity index (χ1n) is 16.7. The molecule has 3 aromatic rings. The molecule has 0 N–H and O–H groups in total. The Bertz CT molecular complexity index is 1320. The second-order valence-electron chi connectivity index (χ2n) is 11.4. The van der Waals surface area contributed by atoms with Crippen LogP contribution >= 0.6 is 0 Å². The van der Waals surface area contributed by atoms with Crippen LogP contribution in [-0.4, -0.2) is 50.3 Å². The number of aryl methyl sites for hydroxylation is 1. The van der Waals surface area contributed by atoms with Crippen LogP contribution in [0.15, 0.2) is 48.7 Å². The van der Waals surface area contributed by atoms with Gasteiger partial charge in [-0.15, -0.1) is 0 Å². The minimum atomic E-state index is -1.34. The third kappa shape index (κ3) is 6.52. The third-order valence-corrected chi connectivity index (χ3v) is 8.14. The van der Waals surface area contributed by atoms with Gasteiger partial charge in [-0.1, -0.05) is 34.6 Å². The number of anilines is 2. The van der Waals surface area contributed by atoms with Crippen molar-refractivity contribution in [3.63, 3.8) is 0 Å². The molecule has 4 rings (SSSR count). The lowest BCUT2D eigenvalue weighted by atomic mass is 9.81. The maximum absolute atomic E-state index is 13.8. The third-order valence-electron chi connectivity index (χ3n) is 8.14. The highest BCUT2D eigenvalue weighted by molar-refractivity contribution is 5.96. The smallest absolute Gasteiger partial charge is 0.341 e. The normalized spacial score (nSPS) is 13.4. The highest BCUT2D eigenvalue weighted by atomic mass is 16.6. The van der Waals surface area contributed by atoms with Crippen molar-refractivity contribution >= 4 is 17.3 Å². The van der Waals surface area contributed by atoms with Gasteiger partial charge < -0.3 is 24.0 Å². The fourth-order valence-corrected chi connectivity index (χ4v) is 6.26. The molecule has 1 aliphatic rings. The lowest BCUT2D eigenvalue weighted by Gasteiger charge is -2.34. The number of nitrogens with zero attached hydrogens (tertiary/aromatic N) is 3. The lowest BCUT2D eigenvalue weighted by Crippen LogP contribution is -2.33. The average molecular weight is 602 g/mol. The zero-order chi connectivity index (χ0) is 31.7. The van der Waals surface area contributed by atoms with Gasteiger partial charge in [0.25, 0.3) is 0 Å². The fourth-order valence-electron chi connectivity index (χ4n) is 6.26. The highest BCUT2D eigenvalue weighted by Crippen LogP contribution is 2.52. The van der Waals surface area contributed by atoms with Crippen molar-refractivity contribution in [2.24, 2.45) is 0 Å². The molecule has 0 aliphatic carbocycles. The molecule has 0 bridgehead atoms. The summed E-state index contributed by atoms with van der Waals surface area (Å²) >= 11 is 0. The number of pyridine rings is 1. The number of benzene rings is 2. The van der Waals surface area contributed by atoms with Crippen molar-refractivity contribution in [2.45, 2.75) is 86.2 Å². The summed E-state index contributed by atoms with van der Waals surface area (Å²) in [5, 5.41) is 0. The van der Waals surface area contributed by atoms with Crippen LogP contribution in [0.2, 0.25) is 0 Å². The molecule has 0 unspecified atom stereocenters. The number of rotatable bonds is 17. The maximum atomic E-state index is 13.8. The predicted molar refractivity (Wildman–Crippen MR) is 180 cm³/mol. The van der Waals surface area contributed by atoms with Crippen LogP contribution in [0.5, 0.6) is 11.5 Å².